The molecule has 1 aromatic carbocycles. The molecule has 0 aromatic heterocycles. The summed E-state index contributed by atoms with van der Waals surface area (Å²) in [7, 11) is 3.01. The van der Waals surface area contributed by atoms with Crippen LogP contribution in [0.1, 0.15) is 50.9 Å². The van der Waals surface area contributed by atoms with Gasteiger partial charge in [-0.05, 0) is 27.7 Å². The first-order chi connectivity index (χ1) is 16.6. The molecule has 4 atom stereocenters. The topological polar surface area (TPSA) is 89.5 Å². The molecule has 6 rings (SSSR count). The summed E-state index contributed by atoms with van der Waals surface area (Å²) >= 11 is 0. The number of rotatable bonds is 8. The van der Waals surface area contributed by atoms with E-state index in [0.29, 0.717) is 24.2 Å². The number of carbonyl (C=O) groups is 2. The minimum Gasteiger partial charge on any atom is -0.473 e. The molecule has 8 heteroatoms. The maximum absolute atomic E-state index is 14.3. The molecular weight excluding hydrogens is 452 g/mol. The number of benzene rings is 1. The molecule has 2 fully saturated rings. The van der Waals surface area contributed by atoms with Gasteiger partial charge in [0.05, 0.1) is 5.60 Å². The Morgan fingerprint density at radius 3 is 2.51 bits per heavy atom. The molecule has 4 bridgehead atoms. The quantitative estimate of drug-likeness (QED) is 0.404. The number of ether oxygens (including phenoxy) is 6. The lowest BCUT2D eigenvalue weighted by molar-refractivity contribution is -0.165. The molecule has 0 N–H and O–H groups in total. The van der Waals surface area contributed by atoms with E-state index < -0.39 is 16.8 Å². The molecule has 1 saturated heterocycles. The summed E-state index contributed by atoms with van der Waals surface area (Å²) in [4.78, 5) is 28.2. The van der Waals surface area contributed by atoms with Gasteiger partial charge in [-0.15, -0.1) is 0 Å². The molecule has 3 aliphatic carbocycles. The van der Waals surface area contributed by atoms with Crippen molar-refractivity contribution in [3.63, 3.8) is 0 Å². The molecule has 1 aromatic rings. The summed E-state index contributed by atoms with van der Waals surface area (Å²) in [5.74, 6) is 0.264. The van der Waals surface area contributed by atoms with Crippen molar-refractivity contribution in [2.75, 3.05) is 27.8 Å². The summed E-state index contributed by atoms with van der Waals surface area (Å²) in [5, 5.41) is 0. The summed E-state index contributed by atoms with van der Waals surface area (Å²) in [6.07, 6.45) is 4.79. The van der Waals surface area contributed by atoms with Crippen LogP contribution in [0.15, 0.2) is 35.4 Å². The molecular formula is C27H32O8. The Morgan fingerprint density at radius 2 is 1.83 bits per heavy atom. The van der Waals surface area contributed by atoms with Crippen molar-refractivity contribution in [2.45, 2.75) is 57.3 Å². The summed E-state index contributed by atoms with van der Waals surface area (Å²) in [5.41, 5.74) is -1.28. The van der Waals surface area contributed by atoms with Crippen LogP contribution in [0, 0.1) is 11.8 Å². The maximum atomic E-state index is 14.3. The van der Waals surface area contributed by atoms with Crippen LogP contribution in [-0.4, -0.2) is 56.2 Å². The smallest absolute Gasteiger partial charge is 0.213 e. The van der Waals surface area contributed by atoms with E-state index >= 15 is 0 Å². The Labute approximate surface area is 205 Å². The molecule has 0 radical (unpaired) electrons. The maximum Gasteiger partial charge on any atom is 0.213 e. The second kappa shape index (κ2) is 8.18. The van der Waals surface area contributed by atoms with Crippen LogP contribution in [-0.2, 0) is 19.0 Å². The molecule has 1 saturated carbocycles. The van der Waals surface area contributed by atoms with Crippen molar-refractivity contribution < 1.29 is 38.0 Å². The van der Waals surface area contributed by atoms with E-state index in [2.05, 4.69) is 0 Å². The molecule has 8 nitrogen and oxygen atoms in total. The van der Waals surface area contributed by atoms with Crippen molar-refractivity contribution in [3.05, 3.63) is 41.0 Å². The van der Waals surface area contributed by atoms with Gasteiger partial charge in [0.1, 0.15) is 28.4 Å². The Morgan fingerprint density at radius 1 is 1.11 bits per heavy atom. The predicted molar refractivity (Wildman–Crippen MR) is 126 cm³/mol. The number of carbonyl (C=O) groups excluding carboxylic acids is 2. The molecule has 0 amide bonds. The van der Waals surface area contributed by atoms with Gasteiger partial charge in [-0.1, -0.05) is 17.7 Å². The fraction of sp³-hybridized carbons (Fsp3) is 0.556. The van der Waals surface area contributed by atoms with Gasteiger partial charge in [0.25, 0.3) is 0 Å². The molecule has 2 heterocycles. The van der Waals surface area contributed by atoms with Gasteiger partial charge in [0.15, 0.2) is 19.2 Å². The van der Waals surface area contributed by atoms with Crippen LogP contribution < -0.4 is 14.2 Å². The van der Waals surface area contributed by atoms with Gasteiger partial charge >= 0.3 is 0 Å². The molecule has 2 aliphatic heterocycles. The van der Waals surface area contributed by atoms with Gasteiger partial charge in [0.2, 0.25) is 11.6 Å². The average molecular weight is 485 g/mol. The monoisotopic (exact) mass is 484 g/mol. The zero-order chi connectivity index (χ0) is 25.2. The minimum atomic E-state index is -1.41. The van der Waals surface area contributed by atoms with Crippen LogP contribution in [0.25, 0.3) is 0 Å². The predicted octanol–water partition coefficient (Wildman–Crippen LogP) is 4.02. The van der Waals surface area contributed by atoms with Crippen molar-refractivity contribution in [3.8, 4) is 17.2 Å². The van der Waals surface area contributed by atoms with Crippen LogP contribution in [0.3, 0.4) is 0 Å². The Kier molecular flexibility index (Phi) is 5.62. The standard InChI is InChI=1S/C27H32O8/c1-15(2)7-8-26-17-11-18-23(28)22-20(33-14-31-6)9-16(32-13-30-5)10-21(22)34-27(18,24(26)29)12-19(17)25(3,4)35-26/h7,9-11,17,19H,8,12-14H2,1-6H3/t17?,19-,26?,27-/m0/s1. The van der Waals surface area contributed by atoms with Crippen LogP contribution in [0.4, 0.5) is 0 Å². The Hall–Kier alpha value is -2.68. The fourth-order valence-corrected chi connectivity index (χ4v) is 6.15. The normalized spacial score (nSPS) is 31.3. The SMILES string of the molecule is COCOc1cc(OCOC)c2c(c1)O[C@@]13C[C@H]4C(C=C1C2=O)C(CC=C(C)C)(OC4(C)C)C3=O. The minimum absolute atomic E-state index is 0.00325. The van der Waals surface area contributed by atoms with E-state index in [1.807, 2.05) is 39.8 Å². The number of hydrogen-bond acceptors (Lipinski definition) is 8. The number of allylic oxidation sites excluding steroid dienone is 1. The molecule has 2 unspecified atom stereocenters. The van der Waals surface area contributed by atoms with Crippen LogP contribution in [0.5, 0.6) is 17.2 Å². The van der Waals surface area contributed by atoms with E-state index in [0.717, 1.165) is 5.57 Å². The fourth-order valence-electron chi connectivity index (χ4n) is 6.15. The van der Waals surface area contributed by atoms with Crippen LogP contribution in [0.2, 0.25) is 0 Å². The lowest BCUT2D eigenvalue weighted by Crippen LogP contribution is -2.68. The van der Waals surface area contributed by atoms with Gasteiger partial charge < -0.3 is 28.4 Å². The highest BCUT2D eigenvalue weighted by atomic mass is 16.7. The number of methoxy groups -OCH3 is 2. The third kappa shape index (κ3) is 3.37. The summed E-state index contributed by atoms with van der Waals surface area (Å²) in [6.45, 7) is 7.98. The summed E-state index contributed by atoms with van der Waals surface area (Å²) in [6, 6.07) is 3.22. The molecule has 188 valence electrons. The number of Topliss-reactive ketones (excluding diaryl/α,β-unsaturated/α-hetero) is 2. The third-order valence-corrected chi connectivity index (χ3v) is 7.63. The lowest BCUT2D eigenvalue weighted by Gasteiger charge is -2.53. The van der Waals surface area contributed by atoms with Gasteiger partial charge in [-0.2, -0.15) is 0 Å². The van der Waals surface area contributed by atoms with Crippen molar-refractivity contribution >= 4 is 11.6 Å². The first-order valence-corrected chi connectivity index (χ1v) is 11.9. The highest BCUT2D eigenvalue weighted by Crippen LogP contribution is 2.65. The van der Waals surface area contributed by atoms with E-state index in [4.69, 9.17) is 28.4 Å². The second-order valence-corrected chi connectivity index (χ2v) is 10.5. The van der Waals surface area contributed by atoms with Gasteiger partial charge in [-0.3, -0.25) is 9.59 Å². The second-order valence-electron chi connectivity index (χ2n) is 10.5. The average Bonchev–Trinajstić information content (AvgIpc) is 3.01. The first-order valence-electron chi connectivity index (χ1n) is 11.9. The zero-order valence-corrected chi connectivity index (χ0v) is 21.1. The van der Waals surface area contributed by atoms with Crippen molar-refractivity contribution in [1.29, 1.82) is 0 Å². The first kappa shape index (κ1) is 24.0. The Bertz CT molecular complexity index is 1140. The van der Waals surface area contributed by atoms with E-state index in [1.165, 1.54) is 14.2 Å². The van der Waals surface area contributed by atoms with Gasteiger partial charge in [-0.25, -0.2) is 0 Å². The molecule has 5 aliphatic rings. The number of fused-ring (bicyclic) bond motifs is 1. The molecule has 1 spiro atoms. The highest BCUT2D eigenvalue weighted by Gasteiger charge is 2.76. The number of hydrogen-bond donors (Lipinski definition) is 0. The largest absolute Gasteiger partial charge is 0.473 e. The van der Waals surface area contributed by atoms with E-state index in [9.17, 15) is 9.59 Å². The van der Waals surface area contributed by atoms with Crippen molar-refractivity contribution in [1.82, 2.24) is 0 Å². The van der Waals surface area contributed by atoms with Crippen LogP contribution >= 0.6 is 0 Å². The van der Waals surface area contributed by atoms with E-state index in [-0.39, 0.29) is 54.1 Å². The highest BCUT2D eigenvalue weighted by molar-refractivity contribution is 6.21. The van der Waals surface area contributed by atoms with Crippen molar-refractivity contribution in [2.24, 2.45) is 11.8 Å². The summed E-state index contributed by atoms with van der Waals surface area (Å²) < 4.78 is 34.5. The number of ketones is 2. The van der Waals surface area contributed by atoms with Gasteiger partial charge in [0, 0.05) is 56.6 Å². The molecule has 35 heavy (non-hydrogen) atoms. The van der Waals surface area contributed by atoms with E-state index in [1.54, 1.807) is 12.1 Å². The Balaban J connectivity index is 1.66. The lowest BCUT2D eigenvalue weighted by atomic mass is 9.53. The zero-order valence-electron chi connectivity index (χ0n) is 21.1. The third-order valence-electron chi connectivity index (χ3n) is 7.63.